The van der Waals surface area contributed by atoms with Gasteiger partial charge in [-0.05, 0) is 46.2 Å². The van der Waals surface area contributed by atoms with E-state index in [2.05, 4.69) is 18.0 Å². The van der Waals surface area contributed by atoms with E-state index in [-0.39, 0.29) is 0 Å². The van der Waals surface area contributed by atoms with Crippen LogP contribution < -0.4 is 5.73 Å². The van der Waals surface area contributed by atoms with Gasteiger partial charge in [0.05, 0.1) is 6.07 Å². The molecule has 1 aliphatic rings. The van der Waals surface area contributed by atoms with E-state index in [1.54, 1.807) is 6.92 Å². The second-order valence-corrected chi connectivity index (χ2v) is 4.34. The van der Waals surface area contributed by atoms with E-state index in [4.69, 9.17) is 11.0 Å². The quantitative estimate of drug-likeness (QED) is 0.691. The molecule has 0 aromatic heterocycles. The molecule has 1 aliphatic carbocycles. The van der Waals surface area contributed by atoms with E-state index in [1.807, 2.05) is 0 Å². The molecule has 0 spiro atoms. The summed E-state index contributed by atoms with van der Waals surface area (Å²) in [4.78, 5) is 2.37. The van der Waals surface area contributed by atoms with Crippen molar-refractivity contribution in [3.05, 3.63) is 0 Å². The van der Waals surface area contributed by atoms with Crippen LogP contribution in [0.2, 0.25) is 0 Å². The molecule has 1 atom stereocenters. The van der Waals surface area contributed by atoms with Crippen molar-refractivity contribution in [1.82, 2.24) is 4.90 Å². The average Bonchev–Trinajstić information content (AvgIpc) is 2.86. The highest BCUT2D eigenvalue weighted by molar-refractivity contribution is 5.00. The van der Waals surface area contributed by atoms with Gasteiger partial charge in [0.1, 0.15) is 5.54 Å². The lowest BCUT2D eigenvalue weighted by molar-refractivity contribution is 0.307. The monoisotopic (exact) mass is 181 g/mol. The molecule has 0 aliphatic heterocycles. The molecule has 1 saturated carbocycles. The van der Waals surface area contributed by atoms with Crippen LogP contribution in [0.4, 0.5) is 0 Å². The summed E-state index contributed by atoms with van der Waals surface area (Å²) in [5, 5.41) is 8.69. The number of nitrogens with two attached hydrogens (primary N) is 1. The van der Waals surface area contributed by atoms with E-state index < -0.39 is 5.54 Å². The highest BCUT2D eigenvalue weighted by Gasteiger charge is 2.26. The van der Waals surface area contributed by atoms with Gasteiger partial charge in [-0.2, -0.15) is 5.26 Å². The Morgan fingerprint density at radius 3 is 2.69 bits per heavy atom. The van der Waals surface area contributed by atoms with Gasteiger partial charge in [0, 0.05) is 6.04 Å². The molecular weight excluding hydrogens is 162 g/mol. The lowest BCUT2D eigenvalue weighted by Gasteiger charge is -2.19. The average molecular weight is 181 g/mol. The fourth-order valence-corrected chi connectivity index (χ4v) is 1.45. The third-order valence-corrected chi connectivity index (χ3v) is 2.63. The Bertz CT molecular complexity index is 201. The van der Waals surface area contributed by atoms with Crippen molar-refractivity contribution in [2.24, 2.45) is 5.73 Å². The van der Waals surface area contributed by atoms with Crippen LogP contribution in [0.15, 0.2) is 0 Å². The van der Waals surface area contributed by atoms with Gasteiger partial charge in [0.2, 0.25) is 0 Å². The van der Waals surface area contributed by atoms with Crippen molar-refractivity contribution in [2.45, 2.75) is 44.2 Å². The molecule has 0 amide bonds. The Morgan fingerprint density at radius 2 is 2.23 bits per heavy atom. The van der Waals surface area contributed by atoms with Gasteiger partial charge < -0.3 is 10.6 Å². The number of hydrogen-bond acceptors (Lipinski definition) is 3. The molecule has 2 N–H and O–H groups in total. The minimum absolute atomic E-state index is 0.635. The Labute approximate surface area is 80.5 Å². The Balaban J connectivity index is 2.09. The van der Waals surface area contributed by atoms with Crippen LogP contribution in [-0.2, 0) is 0 Å². The summed E-state index contributed by atoms with van der Waals surface area (Å²) in [5.41, 5.74) is 5.08. The zero-order valence-corrected chi connectivity index (χ0v) is 8.58. The minimum atomic E-state index is -0.635. The normalized spacial score (nSPS) is 21.2. The third kappa shape index (κ3) is 3.75. The van der Waals surface area contributed by atoms with Crippen molar-refractivity contribution in [2.75, 3.05) is 13.6 Å². The summed E-state index contributed by atoms with van der Waals surface area (Å²) < 4.78 is 0. The molecule has 0 saturated heterocycles. The summed E-state index contributed by atoms with van der Waals surface area (Å²) in [6.45, 7) is 2.86. The maximum Gasteiger partial charge on any atom is 0.101 e. The molecule has 0 aromatic rings. The first-order valence-corrected chi connectivity index (χ1v) is 4.95. The van der Waals surface area contributed by atoms with Gasteiger partial charge >= 0.3 is 0 Å². The van der Waals surface area contributed by atoms with Gasteiger partial charge in [0.15, 0.2) is 0 Å². The van der Waals surface area contributed by atoms with Crippen molar-refractivity contribution in [3.8, 4) is 6.07 Å². The van der Waals surface area contributed by atoms with E-state index in [0.717, 1.165) is 25.4 Å². The molecule has 0 bridgehead atoms. The number of rotatable bonds is 5. The Kier molecular flexibility index (Phi) is 3.29. The first-order chi connectivity index (χ1) is 6.05. The van der Waals surface area contributed by atoms with Crippen LogP contribution >= 0.6 is 0 Å². The third-order valence-electron chi connectivity index (χ3n) is 2.63. The van der Waals surface area contributed by atoms with Crippen LogP contribution in [0.3, 0.4) is 0 Å². The van der Waals surface area contributed by atoms with Gasteiger partial charge in [-0.3, -0.25) is 0 Å². The molecule has 1 fully saturated rings. The summed E-state index contributed by atoms with van der Waals surface area (Å²) in [7, 11) is 2.15. The molecule has 3 heteroatoms. The van der Waals surface area contributed by atoms with E-state index in [9.17, 15) is 0 Å². The summed E-state index contributed by atoms with van der Waals surface area (Å²) >= 11 is 0. The van der Waals surface area contributed by atoms with E-state index in [1.165, 1.54) is 12.8 Å². The smallest absolute Gasteiger partial charge is 0.101 e. The van der Waals surface area contributed by atoms with Crippen LogP contribution in [-0.4, -0.2) is 30.1 Å². The summed E-state index contributed by atoms with van der Waals surface area (Å²) in [6, 6.07) is 2.93. The standard InChI is InChI=1S/C10H19N3/c1-10(12,8-11)6-3-7-13(2)9-4-5-9/h9H,3-7,12H2,1-2H3. The molecule has 74 valence electrons. The van der Waals surface area contributed by atoms with Gasteiger partial charge in [0.25, 0.3) is 0 Å². The maximum absolute atomic E-state index is 8.69. The fraction of sp³-hybridized carbons (Fsp3) is 0.900. The topological polar surface area (TPSA) is 53.0 Å². The van der Waals surface area contributed by atoms with Gasteiger partial charge in [-0.15, -0.1) is 0 Å². The second-order valence-electron chi connectivity index (χ2n) is 4.34. The lowest BCUT2D eigenvalue weighted by Crippen LogP contribution is -2.35. The molecule has 13 heavy (non-hydrogen) atoms. The first kappa shape index (κ1) is 10.5. The molecule has 1 unspecified atom stereocenters. The number of nitrogens with zero attached hydrogens (tertiary/aromatic N) is 2. The van der Waals surface area contributed by atoms with Crippen LogP contribution in [0.25, 0.3) is 0 Å². The molecule has 0 heterocycles. The van der Waals surface area contributed by atoms with Gasteiger partial charge in [-0.1, -0.05) is 0 Å². The Morgan fingerprint density at radius 1 is 1.62 bits per heavy atom. The fourth-order valence-electron chi connectivity index (χ4n) is 1.45. The van der Waals surface area contributed by atoms with Crippen molar-refractivity contribution < 1.29 is 0 Å². The first-order valence-electron chi connectivity index (χ1n) is 4.95. The predicted molar refractivity (Wildman–Crippen MR) is 53.1 cm³/mol. The molecule has 0 aromatic carbocycles. The highest BCUT2D eigenvalue weighted by atomic mass is 15.1. The van der Waals surface area contributed by atoms with Crippen molar-refractivity contribution in [1.29, 1.82) is 5.26 Å². The zero-order valence-electron chi connectivity index (χ0n) is 8.58. The number of hydrogen-bond donors (Lipinski definition) is 1. The molecular formula is C10H19N3. The summed E-state index contributed by atoms with van der Waals surface area (Å²) in [6.07, 6.45) is 4.50. The van der Waals surface area contributed by atoms with E-state index in [0.29, 0.717) is 0 Å². The van der Waals surface area contributed by atoms with Gasteiger partial charge in [-0.25, -0.2) is 0 Å². The molecule has 3 nitrogen and oxygen atoms in total. The lowest BCUT2D eigenvalue weighted by atomic mass is 9.99. The SMILES string of the molecule is CN(CCCC(C)(N)C#N)C1CC1. The minimum Gasteiger partial charge on any atom is -0.314 e. The maximum atomic E-state index is 8.69. The van der Waals surface area contributed by atoms with Crippen LogP contribution in [0.1, 0.15) is 32.6 Å². The van der Waals surface area contributed by atoms with Crippen molar-refractivity contribution >= 4 is 0 Å². The second kappa shape index (κ2) is 4.08. The molecule has 0 radical (unpaired) electrons. The summed E-state index contributed by atoms with van der Waals surface area (Å²) in [5.74, 6) is 0. The molecule has 1 rings (SSSR count). The Hall–Kier alpha value is -0.590. The van der Waals surface area contributed by atoms with Crippen molar-refractivity contribution in [3.63, 3.8) is 0 Å². The highest BCUT2D eigenvalue weighted by Crippen LogP contribution is 2.25. The zero-order chi connectivity index (χ0) is 9.90. The van der Waals surface area contributed by atoms with Crippen LogP contribution in [0.5, 0.6) is 0 Å². The predicted octanol–water partition coefficient (Wildman–Crippen LogP) is 1.10. The number of nitriles is 1. The van der Waals surface area contributed by atoms with Crippen LogP contribution in [0, 0.1) is 11.3 Å². The largest absolute Gasteiger partial charge is 0.314 e. The van der Waals surface area contributed by atoms with E-state index >= 15 is 0 Å².